The highest BCUT2D eigenvalue weighted by atomic mass is 19.1. The molecule has 0 unspecified atom stereocenters. The number of ether oxygens (including phenoxy) is 1. The normalized spacial score (nSPS) is 19.2. The summed E-state index contributed by atoms with van der Waals surface area (Å²) in [6.45, 7) is 4.05. The Labute approximate surface area is 179 Å². The molecule has 1 aliphatic heterocycles. The van der Waals surface area contributed by atoms with E-state index in [4.69, 9.17) is 9.84 Å². The van der Waals surface area contributed by atoms with E-state index in [1.165, 1.54) is 12.1 Å². The van der Waals surface area contributed by atoms with E-state index < -0.39 is 18.2 Å². The summed E-state index contributed by atoms with van der Waals surface area (Å²) in [5.41, 5.74) is 3.04. The number of hydrogen-bond donors (Lipinski definition) is 1. The molecular formula is C23H23FN4O3. The van der Waals surface area contributed by atoms with Crippen LogP contribution in [-0.2, 0) is 9.53 Å². The Balaban J connectivity index is 1.86. The monoisotopic (exact) mass is 422 g/mol. The Hall–Kier alpha value is -3.39. The number of hydrogen-bond acceptors (Lipinski definition) is 6. The van der Waals surface area contributed by atoms with Crippen LogP contribution in [0, 0.1) is 5.82 Å². The first kappa shape index (κ1) is 20.9. The molecular weight excluding hydrogens is 399 g/mol. The third-order valence-electron chi connectivity index (χ3n) is 5.02. The van der Waals surface area contributed by atoms with Crippen molar-refractivity contribution in [2.75, 3.05) is 0 Å². The van der Waals surface area contributed by atoms with Gasteiger partial charge in [-0.05, 0) is 42.3 Å². The molecule has 0 aliphatic carbocycles. The number of esters is 1. The van der Waals surface area contributed by atoms with Crippen LogP contribution in [0.25, 0.3) is 23.3 Å². The lowest BCUT2D eigenvalue weighted by molar-refractivity contribution is -0.156. The fourth-order valence-electron chi connectivity index (χ4n) is 3.60. The minimum absolute atomic E-state index is 0.00565. The molecule has 3 heterocycles. The molecule has 2 atom stereocenters. The van der Waals surface area contributed by atoms with Gasteiger partial charge in [-0.2, -0.15) is 9.78 Å². The van der Waals surface area contributed by atoms with Crippen molar-refractivity contribution in [3.63, 3.8) is 0 Å². The zero-order chi connectivity index (χ0) is 22.0. The van der Waals surface area contributed by atoms with Crippen LogP contribution in [0.15, 0.2) is 48.8 Å². The molecule has 1 aliphatic rings. The number of cyclic esters (lactones) is 1. The molecule has 3 aromatic rings. The highest BCUT2D eigenvalue weighted by molar-refractivity contribution is 5.76. The highest BCUT2D eigenvalue weighted by Crippen LogP contribution is 2.33. The van der Waals surface area contributed by atoms with Gasteiger partial charge in [0.25, 0.3) is 5.95 Å². The van der Waals surface area contributed by atoms with Crippen LogP contribution in [0.1, 0.15) is 43.9 Å². The molecule has 0 bridgehead atoms. The Morgan fingerprint density at radius 3 is 2.58 bits per heavy atom. The highest BCUT2D eigenvalue weighted by Gasteiger charge is 2.26. The predicted molar refractivity (Wildman–Crippen MR) is 113 cm³/mol. The lowest BCUT2D eigenvalue weighted by Crippen LogP contribution is -2.31. The molecule has 2 aromatic heterocycles. The van der Waals surface area contributed by atoms with Crippen molar-refractivity contribution in [3.05, 3.63) is 65.9 Å². The minimum atomic E-state index is -0.725. The smallest absolute Gasteiger partial charge is 0.309 e. The third-order valence-corrected chi connectivity index (χ3v) is 5.02. The molecule has 31 heavy (non-hydrogen) atoms. The molecule has 1 saturated heterocycles. The van der Waals surface area contributed by atoms with E-state index in [0.29, 0.717) is 18.1 Å². The maximum Gasteiger partial charge on any atom is 0.309 e. The SMILES string of the molecule is CC(C)c1nn(-c2ncccn2)c(-c2ccc(F)cc2)c1/C=C/[C@@H]1C[C@@H](O)CC(=O)O1. The maximum absolute atomic E-state index is 13.6. The number of carbonyl (C=O) groups excluding carboxylic acids is 1. The zero-order valence-electron chi connectivity index (χ0n) is 17.3. The van der Waals surface area contributed by atoms with E-state index in [0.717, 1.165) is 16.8 Å². The van der Waals surface area contributed by atoms with Crippen molar-refractivity contribution in [1.29, 1.82) is 0 Å². The Kier molecular flexibility index (Phi) is 5.90. The number of carbonyl (C=O) groups is 1. The number of aliphatic hydroxyl groups excluding tert-OH is 1. The Morgan fingerprint density at radius 2 is 1.94 bits per heavy atom. The predicted octanol–water partition coefficient (Wildman–Crippen LogP) is 3.67. The topological polar surface area (TPSA) is 90.1 Å². The van der Waals surface area contributed by atoms with Crippen LogP contribution in [0.3, 0.4) is 0 Å². The van der Waals surface area contributed by atoms with Crippen molar-refractivity contribution in [1.82, 2.24) is 19.7 Å². The number of aliphatic hydroxyl groups is 1. The number of nitrogens with zero attached hydrogens (tertiary/aromatic N) is 4. The van der Waals surface area contributed by atoms with Crippen molar-refractivity contribution < 1.29 is 19.0 Å². The molecule has 1 N–H and O–H groups in total. The summed E-state index contributed by atoms with van der Waals surface area (Å²) in [5, 5.41) is 14.7. The first-order chi connectivity index (χ1) is 14.9. The summed E-state index contributed by atoms with van der Waals surface area (Å²) in [5.74, 6) is -0.300. The second-order valence-corrected chi connectivity index (χ2v) is 7.75. The number of benzene rings is 1. The molecule has 7 nitrogen and oxygen atoms in total. The third kappa shape index (κ3) is 4.54. The Morgan fingerprint density at radius 1 is 1.23 bits per heavy atom. The van der Waals surface area contributed by atoms with Gasteiger partial charge in [-0.25, -0.2) is 14.4 Å². The fourth-order valence-corrected chi connectivity index (χ4v) is 3.60. The van der Waals surface area contributed by atoms with E-state index in [1.807, 2.05) is 19.9 Å². The van der Waals surface area contributed by atoms with Crippen LogP contribution in [-0.4, -0.2) is 43.0 Å². The molecule has 0 radical (unpaired) electrons. The van der Waals surface area contributed by atoms with Gasteiger partial charge in [-0.1, -0.05) is 19.9 Å². The fraction of sp³-hybridized carbons (Fsp3) is 0.304. The summed E-state index contributed by atoms with van der Waals surface area (Å²) in [4.78, 5) is 20.3. The van der Waals surface area contributed by atoms with Crippen LogP contribution in [0.2, 0.25) is 0 Å². The first-order valence-electron chi connectivity index (χ1n) is 10.1. The number of halogens is 1. The van der Waals surface area contributed by atoms with Gasteiger partial charge in [0.05, 0.1) is 23.9 Å². The summed E-state index contributed by atoms with van der Waals surface area (Å²) in [6, 6.07) is 7.85. The molecule has 0 spiro atoms. The van der Waals surface area contributed by atoms with Gasteiger partial charge in [-0.15, -0.1) is 0 Å². The van der Waals surface area contributed by atoms with Gasteiger partial charge in [0, 0.05) is 29.9 Å². The molecule has 8 heteroatoms. The van der Waals surface area contributed by atoms with Crippen molar-refractivity contribution in [3.8, 4) is 17.2 Å². The molecule has 1 aromatic carbocycles. The van der Waals surface area contributed by atoms with Crippen LogP contribution in [0.5, 0.6) is 0 Å². The molecule has 0 saturated carbocycles. The van der Waals surface area contributed by atoms with E-state index in [2.05, 4.69) is 9.97 Å². The minimum Gasteiger partial charge on any atom is -0.458 e. The van der Waals surface area contributed by atoms with Crippen molar-refractivity contribution >= 4 is 12.0 Å². The largest absolute Gasteiger partial charge is 0.458 e. The van der Waals surface area contributed by atoms with Crippen LogP contribution < -0.4 is 0 Å². The second-order valence-electron chi connectivity index (χ2n) is 7.75. The van der Waals surface area contributed by atoms with E-state index in [1.54, 1.807) is 41.4 Å². The zero-order valence-corrected chi connectivity index (χ0v) is 17.3. The van der Waals surface area contributed by atoms with Crippen LogP contribution in [0.4, 0.5) is 4.39 Å². The van der Waals surface area contributed by atoms with Crippen molar-refractivity contribution in [2.24, 2.45) is 0 Å². The molecule has 4 rings (SSSR count). The molecule has 160 valence electrons. The molecule has 0 amide bonds. The quantitative estimate of drug-likeness (QED) is 0.631. The van der Waals surface area contributed by atoms with Gasteiger partial charge in [0.2, 0.25) is 0 Å². The van der Waals surface area contributed by atoms with Gasteiger partial charge in [-0.3, -0.25) is 4.79 Å². The van der Waals surface area contributed by atoms with Gasteiger partial charge in [0.15, 0.2) is 0 Å². The average molecular weight is 422 g/mol. The summed E-state index contributed by atoms with van der Waals surface area (Å²) < 4.78 is 20.6. The first-order valence-corrected chi connectivity index (χ1v) is 10.1. The Bertz CT molecular complexity index is 1090. The van der Waals surface area contributed by atoms with Gasteiger partial charge < -0.3 is 9.84 Å². The molecule has 1 fully saturated rings. The standard InChI is InChI=1S/C23H23FN4O3/c1-14(2)21-19(9-8-18-12-17(29)13-20(30)31-18)22(15-4-6-16(24)7-5-15)28(27-21)23-25-10-3-11-26-23/h3-11,14,17-18,29H,12-13H2,1-2H3/b9-8+/t17-,18-/m1/s1. The van der Waals surface area contributed by atoms with Crippen molar-refractivity contribution in [2.45, 2.75) is 44.8 Å². The summed E-state index contributed by atoms with van der Waals surface area (Å²) in [7, 11) is 0. The van der Waals surface area contributed by atoms with Crippen LogP contribution >= 0.6 is 0 Å². The average Bonchev–Trinajstić information content (AvgIpc) is 3.12. The lowest BCUT2D eigenvalue weighted by Gasteiger charge is -2.23. The number of aromatic nitrogens is 4. The summed E-state index contributed by atoms with van der Waals surface area (Å²) in [6.07, 6.45) is 5.94. The second kappa shape index (κ2) is 8.77. The lowest BCUT2D eigenvalue weighted by atomic mass is 9.98. The summed E-state index contributed by atoms with van der Waals surface area (Å²) >= 11 is 0. The van der Waals surface area contributed by atoms with E-state index in [-0.39, 0.29) is 18.2 Å². The van der Waals surface area contributed by atoms with E-state index in [9.17, 15) is 14.3 Å². The number of rotatable bonds is 5. The van der Waals surface area contributed by atoms with Gasteiger partial charge >= 0.3 is 5.97 Å². The van der Waals surface area contributed by atoms with E-state index >= 15 is 0 Å². The van der Waals surface area contributed by atoms with Gasteiger partial charge in [0.1, 0.15) is 11.9 Å². The maximum atomic E-state index is 13.6.